The van der Waals surface area contributed by atoms with E-state index in [2.05, 4.69) is 37.9 Å². The number of rotatable bonds is 4. The average Bonchev–Trinajstić information content (AvgIpc) is 2.47. The molecule has 0 aliphatic carbocycles. The van der Waals surface area contributed by atoms with Crippen molar-refractivity contribution in [1.82, 2.24) is 0 Å². The number of benzene rings is 2. The molecule has 0 saturated carbocycles. The third-order valence-corrected chi connectivity index (χ3v) is 3.74. The van der Waals surface area contributed by atoms with Gasteiger partial charge in [0, 0.05) is 21.4 Å². The van der Waals surface area contributed by atoms with Crippen LogP contribution in [0.2, 0.25) is 0 Å². The monoisotopic (exact) mass is 395 g/mol. The van der Waals surface area contributed by atoms with Crippen LogP contribution in [0.4, 0.5) is 0 Å². The summed E-state index contributed by atoms with van der Waals surface area (Å²) >= 11 is 6.85. The normalized spacial score (nSPS) is 9.90. The van der Waals surface area contributed by atoms with Gasteiger partial charge >= 0.3 is 0 Å². The first-order valence-corrected chi connectivity index (χ1v) is 7.69. The molecule has 0 saturated heterocycles. The van der Waals surface area contributed by atoms with Crippen molar-refractivity contribution < 1.29 is 9.47 Å². The number of nitrogens with zero attached hydrogens (tertiary/aromatic N) is 1. The first-order chi connectivity index (χ1) is 9.66. The summed E-state index contributed by atoms with van der Waals surface area (Å²) in [4.78, 5) is 0. The smallest absolute Gasteiger partial charge is 0.132 e. The Bertz CT molecular complexity index is 665. The molecule has 3 nitrogen and oxygen atoms in total. The largest absolute Gasteiger partial charge is 0.497 e. The number of hydrogen-bond acceptors (Lipinski definition) is 3. The lowest BCUT2D eigenvalue weighted by Crippen LogP contribution is -1.92. The standard InChI is InChI=1S/C15H11Br2NO2/c1-19-13-4-10(9-18)5-14(7-13)20-15-6-12(17)3-2-11(15)8-16/h2-7H,8H2,1H3. The summed E-state index contributed by atoms with van der Waals surface area (Å²) in [5, 5.41) is 9.70. The van der Waals surface area contributed by atoms with Gasteiger partial charge in [0.15, 0.2) is 0 Å². The lowest BCUT2D eigenvalue weighted by Gasteiger charge is -2.11. The molecule has 5 heteroatoms. The first kappa shape index (κ1) is 14.9. The van der Waals surface area contributed by atoms with E-state index in [-0.39, 0.29) is 0 Å². The van der Waals surface area contributed by atoms with Gasteiger partial charge in [-0.3, -0.25) is 0 Å². The van der Waals surface area contributed by atoms with Crippen LogP contribution >= 0.6 is 31.9 Å². The Hall–Kier alpha value is -1.51. The molecule has 2 aromatic carbocycles. The summed E-state index contributed by atoms with van der Waals surface area (Å²) in [6, 6.07) is 13.0. The molecular formula is C15H11Br2NO2. The maximum atomic E-state index is 9.02. The van der Waals surface area contributed by atoms with Gasteiger partial charge in [0.05, 0.1) is 18.7 Å². The van der Waals surface area contributed by atoms with Crippen molar-refractivity contribution in [1.29, 1.82) is 5.26 Å². The summed E-state index contributed by atoms with van der Waals surface area (Å²) in [5.74, 6) is 1.89. The lowest BCUT2D eigenvalue weighted by molar-refractivity contribution is 0.408. The van der Waals surface area contributed by atoms with E-state index < -0.39 is 0 Å². The van der Waals surface area contributed by atoms with E-state index >= 15 is 0 Å². The fraction of sp³-hybridized carbons (Fsp3) is 0.133. The Balaban J connectivity index is 2.39. The van der Waals surface area contributed by atoms with Gasteiger partial charge in [0.1, 0.15) is 17.2 Å². The van der Waals surface area contributed by atoms with Gasteiger partial charge in [-0.05, 0) is 24.3 Å². The van der Waals surface area contributed by atoms with E-state index in [1.54, 1.807) is 25.3 Å². The highest BCUT2D eigenvalue weighted by Crippen LogP contribution is 2.32. The Morgan fingerprint density at radius 2 is 1.90 bits per heavy atom. The Labute approximate surface area is 134 Å². The number of halogens is 2. The van der Waals surface area contributed by atoms with Gasteiger partial charge < -0.3 is 9.47 Å². The van der Waals surface area contributed by atoms with E-state index in [0.29, 0.717) is 22.4 Å². The second kappa shape index (κ2) is 6.78. The van der Waals surface area contributed by atoms with Crippen LogP contribution in [0.1, 0.15) is 11.1 Å². The highest BCUT2D eigenvalue weighted by atomic mass is 79.9. The Morgan fingerprint density at radius 1 is 1.15 bits per heavy atom. The zero-order chi connectivity index (χ0) is 14.5. The molecule has 20 heavy (non-hydrogen) atoms. The van der Waals surface area contributed by atoms with Gasteiger partial charge in [-0.15, -0.1) is 0 Å². The molecule has 0 amide bonds. The molecule has 2 rings (SSSR count). The number of alkyl halides is 1. The number of ether oxygens (including phenoxy) is 2. The Morgan fingerprint density at radius 3 is 2.55 bits per heavy atom. The second-order valence-corrected chi connectivity index (χ2v) is 5.47. The molecule has 0 aliphatic heterocycles. The number of methoxy groups -OCH3 is 1. The van der Waals surface area contributed by atoms with Crippen molar-refractivity contribution >= 4 is 31.9 Å². The first-order valence-electron chi connectivity index (χ1n) is 5.77. The maximum Gasteiger partial charge on any atom is 0.132 e. The second-order valence-electron chi connectivity index (χ2n) is 4.00. The predicted molar refractivity (Wildman–Crippen MR) is 84.6 cm³/mol. The summed E-state index contributed by atoms with van der Waals surface area (Å²) in [5.41, 5.74) is 1.52. The number of hydrogen-bond donors (Lipinski definition) is 0. The van der Waals surface area contributed by atoms with Gasteiger partial charge in [-0.2, -0.15) is 5.26 Å². The van der Waals surface area contributed by atoms with E-state index in [1.807, 2.05) is 18.2 Å². The zero-order valence-corrected chi connectivity index (χ0v) is 13.9. The third kappa shape index (κ3) is 3.53. The van der Waals surface area contributed by atoms with Crippen LogP contribution in [0, 0.1) is 11.3 Å². The summed E-state index contributed by atoms with van der Waals surface area (Å²) in [7, 11) is 1.56. The van der Waals surface area contributed by atoms with Crippen molar-refractivity contribution in [3.05, 3.63) is 52.0 Å². The van der Waals surface area contributed by atoms with Crippen LogP contribution in [-0.4, -0.2) is 7.11 Å². The van der Waals surface area contributed by atoms with E-state index in [1.165, 1.54) is 0 Å². The molecule has 2 aromatic rings. The molecule has 0 unspecified atom stereocenters. The molecule has 0 atom stereocenters. The molecule has 0 aliphatic rings. The van der Waals surface area contributed by atoms with Crippen LogP contribution < -0.4 is 9.47 Å². The minimum Gasteiger partial charge on any atom is -0.497 e. The van der Waals surface area contributed by atoms with Crippen molar-refractivity contribution in [3.8, 4) is 23.3 Å². The molecule has 102 valence electrons. The fourth-order valence-corrected chi connectivity index (χ4v) is 2.48. The zero-order valence-electron chi connectivity index (χ0n) is 10.7. The molecule has 0 aromatic heterocycles. The summed E-state index contributed by atoms with van der Waals surface area (Å²) < 4.78 is 12.0. The van der Waals surface area contributed by atoms with Gasteiger partial charge in [0.25, 0.3) is 0 Å². The van der Waals surface area contributed by atoms with E-state index in [9.17, 15) is 0 Å². The quantitative estimate of drug-likeness (QED) is 0.681. The molecule has 0 fully saturated rings. The molecule has 0 radical (unpaired) electrons. The summed E-state index contributed by atoms with van der Waals surface area (Å²) in [6.45, 7) is 0. The van der Waals surface area contributed by atoms with Crippen molar-refractivity contribution in [2.45, 2.75) is 5.33 Å². The third-order valence-electron chi connectivity index (χ3n) is 2.65. The molecule has 0 bridgehead atoms. The van der Waals surface area contributed by atoms with Crippen LogP contribution in [-0.2, 0) is 5.33 Å². The summed E-state index contributed by atoms with van der Waals surface area (Å²) in [6.07, 6.45) is 0. The van der Waals surface area contributed by atoms with Crippen LogP contribution in [0.15, 0.2) is 40.9 Å². The van der Waals surface area contributed by atoms with Gasteiger partial charge in [0.2, 0.25) is 0 Å². The lowest BCUT2D eigenvalue weighted by atomic mass is 10.2. The maximum absolute atomic E-state index is 9.02. The van der Waals surface area contributed by atoms with Crippen molar-refractivity contribution in [2.24, 2.45) is 0 Å². The van der Waals surface area contributed by atoms with E-state index in [0.717, 1.165) is 15.8 Å². The molecular weight excluding hydrogens is 386 g/mol. The predicted octanol–water partition coefficient (Wildman–Crippen LogP) is 5.02. The van der Waals surface area contributed by atoms with Crippen molar-refractivity contribution in [3.63, 3.8) is 0 Å². The van der Waals surface area contributed by atoms with E-state index in [4.69, 9.17) is 14.7 Å². The highest BCUT2D eigenvalue weighted by Gasteiger charge is 2.08. The van der Waals surface area contributed by atoms with Gasteiger partial charge in [-0.1, -0.05) is 37.9 Å². The topological polar surface area (TPSA) is 42.2 Å². The van der Waals surface area contributed by atoms with Crippen LogP contribution in [0.5, 0.6) is 17.2 Å². The highest BCUT2D eigenvalue weighted by molar-refractivity contribution is 9.10. The SMILES string of the molecule is COc1cc(C#N)cc(Oc2cc(Br)ccc2CBr)c1. The van der Waals surface area contributed by atoms with Crippen LogP contribution in [0.25, 0.3) is 0 Å². The average molecular weight is 397 g/mol. The minimum atomic E-state index is 0.495. The molecule has 0 spiro atoms. The minimum absolute atomic E-state index is 0.495. The van der Waals surface area contributed by atoms with Gasteiger partial charge in [-0.25, -0.2) is 0 Å². The fourth-order valence-electron chi connectivity index (χ4n) is 1.67. The van der Waals surface area contributed by atoms with Crippen LogP contribution in [0.3, 0.4) is 0 Å². The molecule has 0 N–H and O–H groups in total. The van der Waals surface area contributed by atoms with Crippen molar-refractivity contribution in [2.75, 3.05) is 7.11 Å². The molecule has 0 heterocycles. The number of nitriles is 1. The Kier molecular flexibility index (Phi) is 5.05.